The number of Topliss-reactive ketones (excluding diaryl/α,β-unsaturated/α-hetero) is 1. The highest BCUT2D eigenvalue weighted by Crippen LogP contribution is 2.06. The fourth-order valence-corrected chi connectivity index (χ4v) is 0.933. The number of hydrogen-bond donors (Lipinski definition) is 1. The molecule has 0 bridgehead atoms. The van der Waals surface area contributed by atoms with E-state index in [-0.39, 0.29) is 11.3 Å². The Morgan fingerprint density at radius 2 is 1.92 bits per heavy atom. The summed E-state index contributed by atoms with van der Waals surface area (Å²) in [6, 6.07) is 6.19. The number of hydrogen-bond acceptors (Lipinski definition) is 4. The summed E-state index contributed by atoms with van der Waals surface area (Å²) in [4.78, 5) is 25.9. The summed E-state index contributed by atoms with van der Waals surface area (Å²) in [5.74, 6) is 3.94. The first-order valence-electron chi connectivity index (χ1n) is 3.67. The van der Waals surface area contributed by atoms with Crippen molar-refractivity contribution in [1.82, 2.24) is 0 Å². The van der Waals surface area contributed by atoms with Gasteiger partial charge < -0.3 is 4.84 Å². The molecule has 0 radical (unpaired) electrons. The van der Waals surface area contributed by atoms with Crippen molar-refractivity contribution in [3.05, 3.63) is 35.4 Å². The van der Waals surface area contributed by atoms with Crippen molar-refractivity contribution in [1.29, 1.82) is 0 Å². The molecule has 1 aromatic carbocycles. The molecule has 1 rings (SSSR count). The Morgan fingerprint density at radius 3 is 2.46 bits per heavy atom. The Hall–Kier alpha value is -1.68. The van der Waals surface area contributed by atoms with E-state index in [9.17, 15) is 9.59 Å². The molecule has 0 saturated carbocycles. The molecule has 0 saturated heterocycles. The van der Waals surface area contributed by atoms with Crippen LogP contribution in [-0.2, 0) is 4.84 Å². The van der Waals surface area contributed by atoms with Gasteiger partial charge in [-0.3, -0.25) is 4.79 Å². The van der Waals surface area contributed by atoms with Gasteiger partial charge in [0, 0.05) is 5.56 Å². The van der Waals surface area contributed by atoms with Gasteiger partial charge >= 0.3 is 5.97 Å². The van der Waals surface area contributed by atoms with Crippen LogP contribution < -0.4 is 5.90 Å². The first kappa shape index (κ1) is 9.41. The maximum atomic E-state index is 10.9. The molecule has 13 heavy (non-hydrogen) atoms. The van der Waals surface area contributed by atoms with E-state index in [2.05, 4.69) is 4.84 Å². The second-order valence-electron chi connectivity index (χ2n) is 2.54. The van der Waals surface area contributed by atoms with Gasteiger partial charge in [0.05, 0.1) is 5.56 Å². The summed E-state index contributed by atoms with van der Waals surface area (Å²) >= 11 is 0. The number of rotatable bonds is 2. The maximum Gasteiger partial charge on any atom is 0.356 e. The van der Waals surface area contributed by atoms with Gasteiger partial charge in [-0.25, -0.2) is 4.79 Å². The van der Waals surface area contributed by atoms with Crippen LogP contribution in [0.15, 0.2) is 24.3 Å². The summed E-state index contributed by atoms with van der Waals surface area (Å²) in [6.07, 6.45) is 0. The molecule has 0 aromatic heterocycles. The number of ketones is 1. The van der Waals surface area contributed by atoms with Crippen molar-refractivity contribution in [2.45, 2.75) is 6.92 Å². The molecular formula is C9H9NO3. The third-order valence-electron chi connectivity index (χ3n) is 1.61. The second kappa shape index (κ2) is 3.82. The lowest BCUT2D eigenvalue weighted by Crippen LogP contribution is -2.10. The second-order valence-corrected chi connectivity index (χ2v) is 2.54. The van der Waals surface area contributed by atoms with Gasteiger partial charge in [0.25, 0.3) is 0 Å². The lowest BCUT2D eigenvalue weighted by atomic mass is 10.1. The first-order chi connectivity index (χ1) is 6.15. The third-order valence-corrected chi connectivity index (χ3v) is 1.61. The molecule has 0 aliphatic carbocycles. The van der Waals surface area contributed by atoms with Crippen LogP contribution >= 0.6 is 0 Å². The largest absolute Gasteiger partial charge is 0.370 e. The molecule has 0 atom stereocenters. The predicted molar refractivity (Wildman–Crippen MR) is 46.0 cm³/mol. The monoisotopic (exact) mass is 179 g/mol. The Labute approximate surface area is 75.3 Å². The van der Waals surface area contributed by atoms with Gasteiger partial charge in [-0.15, -0.1) is 0 Å². The van der Waals surface area contributed by atoms with Crippen molar-refractivity contribution in [3.63, 3.8) is 0 Å². The van der Waals surface area contributed by atoms with E-state index in [0.29, 0.717) is 5.56 Å². The van der Waals surface area contributed by atoms with Crippen LogP contribution in [-0.4, -0.2) is 11.8 Å². The van der Waals surface area contributed by atoms with E-state index in [0.717, 1.165) is 0 Å². The minimum Gasteiger partial charge on any atom is -0.370 e. The zero-order chi connectivity index (χ0) is 9.84. The average Bonchev–Trinajstić information content (AvgIpc) is 2.17. The Bertz CT molecular complexity index is 346. The molecule has 0 fully saturated rings. The normalized spacial score (nSPS) is 9.38. The molecular weight excluding hydrogens is 170 g/mol. The fraction of sp³-hybridized carbons (Fsp3) is 0.111. The number of nitrogens with two attached hydrogens (primary N) is 1. The van der Waals surface area contributed by atoms with Crippen molar-refractivity contribution in [2.75, 3.05) is 0 Å². The van der Waals surface area contributed by atoms with Crippen LogP contribution in [0.5, 0.6) is 0 Å². The average molecular weight is 179 g/mol. The number of carbonyl (C=O) groups excluding carboxylic acids is 2. The van der Waals surface area contributed by atoms with Crippen LogP contribution in [0.25, 0.3) is 0 Å². The third kappa shape index (κ3) is 2.13. The van der Waals surface area contributed by atoms with Gasteiger partial charge in [0.1, 0.15) is 0 Å². The van der Waals surface area contributed by atoms with E-state index >= 15 is 0 Å². The van der Waals surface area contributed by atoms with Gasteiger partial charge in [-0.2, -0.15) is 5.90 Å². The minimum absolute atomic E-state index is 0.105. The SMILES string of the molecule is CC(=O)c1cccc(C(=O)ON)c1. The lowest BCUT2D eigenvalue weighted by molar-refractivity contribution is 0.0503. The lowest BCUT2D eigenvalue weighted by Gasteiger charge is -1.99. The van der Waals surface area contributed by atoms with E-state index in [1.807, 2.05) is 0 Å². The van der Waals surface area contributed by atoms with Crippen molar-refractivity contribution in [2.24, 2.45) is 5.90 Å². The smallest absolute Gasteiger partial charge is 0.356 e. The van der Waals surface area contributed by atoms with Crippen LogP contribution in [0, 0.1) is 0 Å². The summed E-state index contributed by atoms with van der Waals surface area (Å²) in [7, 11) is 0. The molecule has 0 spiro atoms. The van der Waals surface area contributed by atoms with Crippen molar-refractivity contribution >= 4 is 11.8 Å². The van der Waals surface area contributed by atoms with Gasteiger partial charge in [0.2, 0.25) is 0 Å². The molecule has 68 valence electrons. The molecule has 0 aliphatic heterocycles. The van der Waals surface area contributed by atoms with Crippen LogP contribution in [0.1, 0.15) is 27.6 Å². The van der Waals surface area contributed by atoms with Crippen LogP contribution in [0.4, 0.5) is 0 Å². The highest BCUT2D eigenvalue weighted by Gasteiger charge is 2.07. The van der Waals surface area contributed by atoms with E-state index in [4.69, 9.17) is 5.90 Å². The van der Waals surface area contributed by atoms with Crippen molar-refractivity contribution in [3.8, 4) is 0 Å². The number of carbonyl (C=O) groups is 2. The van der Waals surface area contributed by atoms with E-state index < -0.39 is 5.97 Å². The Kier molecular flexibility index (Phi) is 2.76. The van der Waals surface area contributed by atoms with Crippen LogP contribution in [0.2, 0.25) is 0 Å². The molecule has 2 N–H and O–H groups in total. The van der Waals surface area contributed by atoms with Gasteiger partial charge in [-0.1, -0.05) is 12.1 Å². The molecule has 4 heteroatoms. The Balaban J connectivity index is 3.05. The highest BCUT2D eigenvalue weighted by molar-refractivity contribution is 5.97. The van der Waals surface area contributed by atoms with Crippen LogP contribution in [0.3, 0.4) is 0 Å². The Morgan fingerprint density at radius 1 is 1.31 bits per heavy atom. The first-order valence-corrected chi connectivity index (χ1v) is 3.67. The molecule has 1 aromatic rings. The molecule has 4 nitrogen and oxygen atoms in total. The highest BCUT2D eigenvalue weighted by atomic mass is 16.7. The minimum atomic E-state index is -0.650. The topological polar surface area (TPSA) is 69.4 Å². The van der Waals surface area contributed by atoms with Gasteiger partial charge in [-0.05, 0) is 19.1 Å². The standard InChI is InChI=1S/C9H9NO3/c1-6(11)7-3-2-4-8(5-7)9(12)13-10/h2-5H,10H2,1H3. The van der Waals surface area contributed by atoms with Gasteiger partial charge in [0.15, 0.2) is 5.78 Å². The fourth-order valence-electron chi connectivity index (χ4n) is 0.933. The number of benzene rings is 1. The predicted octanol–water partition coefficient (Wildman–Crippen LogP) is 0.920. The van der Waals surface area contributed by atoms with Crippen molar-refractivity contribution < 1.29 is 14.4 Å². The zero-order valence-electron chi connectivity index (χ0n) is 7.11. The maximum absolute atomic E-state index is 10.9. The zero-order valence-corrected chi connectivity index (χ0v) is 7.11. The summed E-state index contributed by atoms with van der Waals surface area (Å²) in [5, 5.41) is 0. The molecule has 0 unspecified atom stereocenters. The molecule has 0 amide bonds. The molecule has 0 heterocycles. The van der Waals surface area contributed by atoms with E-state index in [1.165, 1.54) is 19.1 Å². The molecule has 0 aliphatic rings. The summed E-state index contributed by atoms with van der Waals surface area (Å²) in [6.45, 7) is 1.42. The summed E-state index contributed by atoms with van der Waals surface area (Å²) in [5.41, 5.74) is 0.734. The summed E-state index contributed by atoms with van der Waals surface area (Å²) < 4.78 is 0. The van der Waals surface area contributed by atoms with E-state index in [1.54, 1.807) is 12.1 Å². The quantitative estimate of drug-likeness (QED) is 0.541.